The lowest BCUT2D eigenvalue weighted by atomic mass is 10.2. The van der Waals surface area contributed by atoms with E-state index in [4.69, 9.17) is 4.98 Å². The average Bonchev–Trinajstić information content (AvgIpc) is 2.94. The molecule has 5 heteroatoms. The highest BCUT2D eigenvalue weighted by molar-refractivity contribution is 7.11. The van der Waals surface area contributed by atoms with E-state index in [2.05, 4.69) is 56.4 Å². The number of rotatable bonds is 5. The van der Waals surface area contributed by atoms with E-state index in [9.17, 15) is 0 Å². The molecular formula is C15H24N4S. The summed E-state index contributed by atoms with van der Waals surface area (Å²) in [6.45, 7) is 12.9. The second-order valence-electron chi connectivity index (χ2n) is 5.77. The van der Waals surface area contributed by atoms with Gasteiger partial charge in [-0.25, -0.2) is 9.97 Å². The molecular weight excluding hydrogens is 268 g/mol. The highest BCUT2D eigenvalue weighted by Gasteiger charge is 2.23. The molecule has 0 aliphatic rings. The molecule has 0 fully saturated rings. The van der Waals surface area contributed by atoms with Gasteiger partial charge in [0.1, 0.15) is 11.0 Å². The van der Waals surface area contributed by atoms with Crippen LogP contribution in [0, 0.1) is 13.8 Å². The fraction of sp³-hybridized carbons (Fsp3) is 0.600. The van der Waals surface area contributed by atoms with Crippen molar-refractivity contribution in [1.29, 1.82) is 0 Å². The SMILES string of the molecule is Cc1nc(C(NC(C)C)c2cncn2C(C)C)sc1C. The summed E-state index contributed by atoms with van der Waals surface area (Å²) < 4.78 is 2.21. The van der Waals surface area contributed by atoms with Gasteiger partial charge >= 0.3 is 0 Å². The molecule has 20 heavy (non-hydrogen) atoms. The Bertz CT molecular complexity index is 549. The van der Waals surface area contributed by atoms with Gasteiger partial charge in [-0.3, -0.25) is 0 Å². The summed E-state index contributed by atoms with van der Waals surface area (Å²) in [5.41, 5.74) is 2.30. The van der Waals surface area contributed by atoms with Crippen molar-refractivity contribution in [3.63, 3.8) is 0 Å². The van der Waals surface area contributed by atoms with E-state index >= 15 is 0 Å². The normalized spacial score (nSPS) is 13.4. The smallest absolute Gasteiger partial charge is 0.116 e. The summed E-state index contributed by atoms with van der Waals surface area (Å²) in [6, 6.07) is 0.892. The van der Waals surface area contributed by atoms with E-state index in [-0.39, 0.29) is 6.04 Å². The second kappa shape index (κ2) is 6.06. The Balaban J connectivity index is 2.44. The van der Waals surface area contributed by atoms with Gasteiger partial charge < -0.3 is 9.88 Å². The van der Waals surface area contributed by atoms with Crippen LogP contribution in [-0.2, 0) is 0 Å². The molecule has 1 unspecified atom stereocenters. The van der Waals surface area contributed by atoms with Crippen LogP contribution in [0.2, 0.25) is 0 Å². The van der Waals surface area contributed by atoms with Crippen molar-refractivity contribution in [2.75, 3.05) is 0 Å². The third kappa shape index (κ3) is 3.10. The summed E-state index contributed by atoms with van der Waals surface area (Å²) >= 11 is 1.77. The van der Waals surface area contributed by atoms with Crippen molar-refractivity contribution in [2.45, 2.75) is 59.7 Å². The molecule has 2 rings (SSSR count). The minimum atomic E-state index is 0.109. The predicted molar refractivity (Wildman–Crippen MR) is 84.3 cm³/mol. The molecule has 0 bridgehead atoms. The van der Waals surface area contributed by atoms with E-state index in [1.807, 2.05) is 12.5 Å². The van der Waals surface area contributed by atoms with Crippen molar-refractivity contribution in [2.24, 2.45) is 0 Å². The maximum absolute atomic E-state index is 4.73. The monoisotopic (exact) mass is 292 g/mol. The number of hydrogen-bond donors (Lipinski definition) is 1. The van der Waals surface area contributed by atoms with Crippen molar-refractivity contribution in [3.05, 3.63) is 33.8 Å². The van der Waals surface area contributed by atoms with Crippen LogP contribution in [0.3, 0.4) is 0 Å². The van der Waals surface area contributed by atoms with Crippen LogP contribution >= 0.6 is 11.3 Å². The standard InChI is InChI=1S/C15H24N4S/c1-9(2)17-14(15-18-11(5)12(6)20-15)13-7-16-8-19(13)10(3)4/h7-10,14,17H,1-6H3. The van der Waals surface area contributed by atoms with Gasteiger partial charge in [0.2, 0.25) is 0 Å². The summed E-state index contributed by atoms with van der Waals surface area (Å²) in [5.74, 6) is 0. The molecule has 0 aromatic carbocycles. The first-order chi connectivity index (χ1) is 9.40. The van der Waals surface area contributed by atoms with Gasteiger partial charge in [0.25, 0.3) is 0 Å². The van der Waals surface area contributed by atoms with Gasteiger partial charge in [-0.05, 0) is 41.5 Å². The van der Waals surface area contributed by atoms with Crippen LogP contribution in [0.4, 0.5) is 0 Å². The van der Waals surface area contributed by atoms with Gasteiger partial charge in [0.05, 0.1) is 23.9 Å². The number of imidazole rings is 1. The molecule has 0 amide bonds. The molecule has 2 aromatic heterocycles. The van der Waals surface area contributed by atoms with Crippen LogP contribution in [0.1, 0.15) is 61.1 Å². The molecule has 0 radical (unpaired) electrons. The molecule has 110 valence electrons. The van der Waals surface area contributed by atoms with E-state index in [1.54, 1.807) is 11.3 Å². The summed E-state index contributed by atoms with van der Waals surface area (Å²) in [7, 11) is 0. The van der Waals surface area contributed by atoms with Crippen LogP contribution < -0.4 is 5.32 Å². The quantitative estimate of drug-likeness (QED) is 0.915. The maximum Gasteiger partial charge on any atom is 0.116 e. The first kappa shape index (κ1) is 15.2. The third-order valence-electron chi connectivity index (χ3n) is 3.34. The Morgan fingerprint density at radius 2 is 1.90 bits per heavy atom. The van der Waals surface area contributed by atoms with E-state index in [1.165, 1.54) is 10.6 Å². The topological polar surface area (TPSA) is 42.7 Å². The summed E-state index contributed by atoms with van der Waals surface area (Å²) in [4.78, 5) is 10.3. The molecule has 0 saturated carbocycles. The van der Waals surface area contributed by atoms with Gasteiger partial charge in [-0.1, -0.05) is 0 Å². The first-order valence-electron chi connectivity index (χ1n) is 7.11. The summed E-state index contributed by atoms with van der Waals surface area (Å²) in [6.07, 6.45) is 3.86. The fourth-order valence-corrected chi connectivity index (χ4v) is 3.20. The lowest BCUT2D eigenvalue weighted by Crippen LogP contribution is -2.30. The number of thiazole rings is 1. The average molecular weight is 292 g/mol. The van der Waals surface area contributed by atoms with Crippen molar-refractivity contribution in [1.82, 2.24) is 19.9 Å². The molecule has 0 aliphatic heterocycles. The van der Waals surface area contributed by atoms with Crippen LogP contribution in [-0.4, -0.2) is 20.6 Å². The number of nitrogens with zero attached hydrogens (tertiary/aromatic N) is 3. The molecule has 1 atom stereocenters. The molecule has 2 heterocycles. The highest BCUT2D eigenvalue weighted by Crippen LogP contribution is 2.29. The predicted octanol–water partition coefficient (Wildman–Crippen LogP) is 3.62. The van der Waals surface area contributed by atoms with Crippen LogP contribution in [0.25, 0.3) is 0 Å². The van der Waals surface area contributed by atoms with Gasteiger partial charge in [-0.15, -0.1) is 11.3 Å². The zero-order chi connectivity index (χ0) is 14.9. The number of nitrogens with one attached hydrogen (secondary N) is 1. The van der Waals surface area contributed by atoms with Crippen LogP contribution in [0.5, 0.6) is 0 Å². The Hall–Kier alpha value is -1.20. The van der Waals surface area contributed by atoms with E-state index in [0.717, 1.165) is 10.7 Å². The second-order valence-corrected chi connectivity index (χ2v) is 7.00. The zero-order valence-electron chi connectivity index (χ0n) is 13.1. The fourth-order valence-electron chi connectivity index (χ4n) is 2.21. The lowest BCUT2D eigenvalue weighted by Gasteiger charge is -2.22. The van der Waals surface area contributed by atoms with Gasteiger partial charge in [0, 0.05) is 17.0 Å². The van der Waals surface area contributed by atoms with E-state index in [0.29, 0.717) is 12.1 Å². The lowest BCUT2D eigenvalue weighted by molar-refractivity contribution is 0.478. The number of aryl methyl sites for hydroxylation is 2. The first-order valence-corrected chi connectivity index (χ1v) is 7.93. The number of hydrogen-bond acceptors (Lipinski definition) is 4. The Morgan fingerprint density at radius 1 is 1.20 bits per heavy atom. The van der Waals surface area contributed by atoms with Crippen molar-refractivity contribution < 1.29 is 0 Å². The van der Waals surface area contributed by atoms with Gasteiger partial charge in [0.15, 0.2) is 0 Å². The molecule has 1 N–H and O–H groups in total. The van der Waals surface area contributed by atoms with E-state index < -0.39 is 0 Å². The third-order valence-corrected chi connectivity index (χ3v) is 4.48. The maximum atomic E-state index is 4.73. The van der Waals surface area contributed by atoms with Crippen molar-refractivity contribution in [3.8, 4) is 0 Å². The molecule has 0 saturated heterocycles. The number of aromatic nitrogens is 3. The molecule has 0 spiro atoms. The highest BCUT2D eigenvalue weighted by atomic mass is 32.1. The Labute approximate surface area is 125 Å². The minimum absolute atomic E-state index is 0.109. The van der Waals surface area contributed by atoms with Crippen molar-refractivity contribution >= 4 is 11.3 Å². The minimum Gasteiger partial charge on any atom is -0.330 e. The largest absolute Gasteiger partial charge is 0.330 e. The molecule has 4 nitrogen and oxygen atoms in total. The molecule has 2 aromatic rings. The Kier molecular flexibility index (Phi) is 4.60. The summed E-state index contributed by atoms with van der Waals surface area (Å²) in [5, 5.41) is 4.74. The van der Waals surface area contributed by atoms with Crippen LogP contribution in [0.15, 0.2) is 12.5 Å². The zero-order valence-corrected chi connectivity index (χ0v) is 14.0. The van der Waals surface area contributed by atoms with Gasteiger partial charge in [-0.2, -0.15) is 0 Å². The molecule has 0 aliphatic carbocycles. The Morgan fingerprint density at radius 3 is 2.40 bits per heavy atom.